The van der Waals surface area contributed by atoms with E-state index in [1.165, 1.54) is 10.9 Å². The number of nitrogens with zero attached hydrogens (tertiary/aromatic N) is 3. The molecule has 0 aliphatic carbocycles. The summed E-state index contributed by atoms with van der Waals surface area (Å²) in [7, 11) is 0. The van der Waals surface area contributed by atoms with Gasteiger partial charge < -0.3 is 5.11 Å². The van der Waals surface area contributed by atoms with Gasteiger partial charge in [-0.1, -0.05) is 39.7 Å². The highest BCUT2D eigenvalue weighted by Crippen LogP contribution is 2.26. The number of benzene rings is 2. The van der Waals surface area contributed by atoms with Crippen molar-refractivity contribution in [2.75, 3.05) is 0 Å². The molecule has 2 aromatic carbocycles. The number of rotatable bonds is 3. The molecule has 0 fully saturated rings. The average molecular weight is 410 g/mol. The second-order valence-corrected chi connectivity index (χ2v) is 6.30. The van der Waals surface area contributed by atoms with Crippen LogP contribution >= 0.6 is 39.7 Å². The first-order valence-corrected chi connectivity index (χ1v) is 8.09. The third-order valence-electron chi connectivity index (χ3n) is 3.07. The van der Waals surface area contributed by atoms with Gasteiger partial charge in [0.2, 0.25) is 4.77 Å². The maximum Gasteiger partial charge on any atom is 0.216 e. The predicted octanol–water partition coefficient (Wildman–Crippen LogP) is 4.61. The molecule has 0 amide bonds. The predicted molar refractivity (Wildman–Crippen MR) is 96.7 cm³/mol. The van der Waals surface area contributed by atoms with Crippen LogP contribution in [0.25, 0.3) is 11.4 Å². The Morgan fingerprint density at radius 1 is 1.30 bits per heavy atom. The van der Waals surface area contributed by atoms with Crippen molar-refractivity contribution < 1.29 is 5.11 Å². The summed E-state index contributed by atoms with van der Waals surface area (Å²) in [6.07, 6.45) is 1.51. The zero-order valence-corrected chi connectivity index (χ0v) is 14.7. The van der Waals surface area contributed by atoms with Crippen LogP contribution < -0.4 is 0 Å². The lowest BCUT2D eigenvalue weighted by Crippen LogP contribution is -1.95. The zero-order valence-electron chi connectivity index (χ0n) is 11.6. The van der Waals surface area contributed by atoms with Crippen LogP contribution in [-0.2, 0) is 0 Å². The monoisotopic (exact) mass is 408 g/mol. The first-order valence-electron chi connectivity index (χ1n) is 6.51. The highest BCUT2D eigenvalue weighted by molar-refractivity contribution is 9.10. The Bertz CT molecular complexity index is 951. The minimum atomic E-state index is 0.117. The van der Waals surface area contributed by atoms with Gasteiger partial charge in [0.15, 0.2) is 5.82 Å². The SMILES string of the molecule is Oc1ccc(Br)cc1C=Nn1c(-c2ccccc2Cl)n[nH]c1=S. The summed E-state index contributed by atoms with van der Waals surface area (Å²) in [5.41, 5.74) is 1.25. The fourth-order valence-corrected chi connectivity index (χ4v) is 2.74. The Hall–Kier alpha value is -1.96. The summed E-state index contributed by atoms with van der Waals surface area (Å²) in [6.45, 7) is 0. The molecule has 0 atom stereocenters. The van der Waals surface area contributed by atoms with Crippen molar-refractivity contribution in [1.29, 1.82) is 0 Å². The Labute approximate surface area is 150 Å². The highest BCUT2D eigenvalue weighted by Gasteiger charge is 2.11. The molecule has 8 heteroatoms. The molecule has 5 nitrogen and oxygen atoms in total. The third-order valence-corrected chi connectivity index (χ3v) is 4.15. The summed E-state index contributed by atoms with van der Waals surface area (Å²) >= 11 is 14.8. The first kappa shape index (κ1) is 15.9. The molecule has 3 aromatic rings. The summed E-state index contributed by atoms with van der Waals surface area (Å²) in [6, 6.07) is 12.4. The highest BCUT2D eigenvalue weighted by atomic mass is 79.9. The summed E-state index contributed by atoms with van der Waals surface area (Å²) in [5.74, 6) is 0.609. The first-order chi connectivity index (χ1) is 11.1. The van der Waals surface area contributed by atoms with Crippen LogP contribution in [0.2, 0.25) is 5.02 Å². The molecule has 23 heavy (non-hydrogen) atoms. The molecular weight excluding hydrogens is 400 g/mol. The largest absolute Gasteiger partial charge is 0.507 e. The average Bonchev–Trinajstić information content (AvgIpc) is 2.89. The quantitative estimate of drug-likeness (QED) is 0.490. The van der Waals surface area contributed by atoms with Gasteiger partial charge in [-0.15, -0.1) is 0 Å². The van der Waals surface area contributed by atoms with Crippen LogP contribution in [0.5, 0.6) is 5.75 Å². The van der Waals surface area contributed by atoms with E-state index in [9.17, 15) is 5.11 Å². The van der Waals surface area contributed by atoms with Gasteiger partial charge in [0.1, 0.15) is 5.75 Å². The fraction of sp³-hybridized carbons (Fsp3) is 0. The smallest absolute Gasteiger partial charge is 0.216 e. The molecule has 3 rings (SSSR count). The number of aromatic amines is 1. The van der Waals surface area contributed by atoms with Crippen molar-refractivity contribution in [2.45, 2.75) is 0 Å². The van der Waals surface area contributed by atoms with Gasteiger partial charge in [-0.3, -0.25) is 0 Å². The molecule has 0 saturated carbocycles. The van der Waals surface area contributed by atoms with E-state index >= 15 is 0 Å². The van der Waals surface area contributed by atoms with Crippen LogP contribution in [0.3, 0.4) is 0 Å². The molecule has 2 N–H and O–H groups in total. The fourth-order valence-electron chi connectivity index (χ4n) is 1.96. The van der Waals surface area contributed by atoms with Crippen LogP contribution in [0.1, 0.15) is 5.56 Å². The van der Waals surface area contributed by atoms with Gasteiger partial charge >= 0.3 is 0 Å². The molecular formula is C15H10BrClN4OS. The molecule has 0 spiro atoms. The van der Waals surface area contributed by atoms with Gasteiger partial charge in [-0.05, 0) is 42.5 Å². The van der Waals surface area contributed by atoms with Crippen LogP contribution in [0.4, 0.5) is 0 Å². The number of nitrogens with one attached hydrogen (secondary N) is 1. The van der Waals surface area contributed by atoms with E-state index in [0.29, 0.717) is 26.7 Å². The van der Waals surface area contributed by atoms with Crippen molar-refractivity contribution in [2.24, 2.45) is 5.10 Å². The van der Waals surface area contributed by atoms with E-state index in [-0.39, 0.29) is 5.75 Å². The number of H-pyrrole nitrogens is 1. The second-order valence-electron chi connectivity index (χ2n) is 4.59. The summed E-state index contributed by atoms with van der Waals surface area (Å²) < 4.78 is 2.61. The van der Waals surface area contributed by atoms with Gasteiger partial charge in [0.05, 0.1) is 11.2 Å². The second kappa shape index (κ2) is 6.66. The Morgan fingerprint density at radius 2 is 2.09 bits per heavy atom. The van der Waals surface area contributed by atoms with Crippen LogP contribution in [0, 0.1) is 4.77 Å². The third kappa shape index (κ3) is 3.36. The van der Waals surface area contributed by atoms with Gasteiger partial charge in [-0.25, -0.2) is 5.10 Å². The summed E-state index contributed by atoms with van der Waals surface area (Å²) in [5, 5.41) is 21.6. The van der Waals surface area contributed by atoms with Crippen molar-refractivity contribution in [3.8, 4) is 17.1 Å². The molecule has 116 valence electrons. The number of halogens is 2. The van der Waals surface area contributed by atoms with E-state index in [1.54, 1.807) is 24.3 Å². The Morgan fingerprint density at radius 3 is 2.87 bits per heavy atom. The van der Waals surface area contributed by atoms with Crippen molar-refractivity contribution in [3.63, 3.8) is 0 Å². The van der Waals surface area contributed by atoms with Crippen molar-refractivity contribution in [3.05, 3.63) is 62.3 Å². The zero-order chi connectivity index (χ0) is 16.4. The standard InChI is InChI=1S/C15H10BrClN4OS/c16-10-5-6-13(22)9(7-10)8-18-21-14(19-20-15(21)23)11-3-1-2-4-12(11)17/h1-8,22H,(H,20,23). The Balaban J connectivity index is 2.06. The molecule has 0 unspecified atom stereocenters. The lowest BCUT2D eigenvalue weighted by Gasteiger charge is -2.03. The molecule has 0 saturated heterocycles. The van der Waals surface area contributed by atoms with E-state index in [1.807, 2.05) is 18.2 Å². The van der Waals surface area contributed by atoms with E-state index in [4.69, 9.17) is 23.8 Å². The van der Waals surface area contributed by atoms with Crippen molar-refractivity contribution >= 4 is 46.0 Å². The number of hydrogen-bond donors (Lipinski definition) is 2. The van der Waals surface area contributed by atoms with Crippen LogP contribution in [0.15, 0.2) is 52.0 Å². The Kier molecular flexibility index (Phi) is 4.61. The minimum Gasteiger partial charge on any atom is -0.507 e. The maximum absolute atomic E-state index is 9.87. The molecule has 0 bridgehead atoms. The lowest BCUT2D eigenvalue weighted by molar-refractivity contribution is 0.474. The number of hydrogen-bond acceptors (Lipinski definition) is 4. The van der Waals surface area contributed by atoms with E-state index in [0.717, 1.165) is 4.47 Å². The molecule has 1 aromatic heterocycles. The van der Waals surface area contributed by atoms with Gasteiger partial charge in [0.25, 0.3) is 0 Å². The topological polar surface area (TPSA) is 66.2 Å². The van der Waals surface area contributed by atoms with Gasteiger partial charge in [0, 0.05) is 15.6 Å². The van der Waals surface area contributed by atoms with Crippen molar-refractivity contribution in [1.82, 2.24) is 14.9 Å². The van der Waals surface area contributed by atoms with Crippen LogP contribution in [-0.4, -0.2) is 26.2 Å². The number of phenols is 1. The van der Waals surface area contributed by atoms with Gasteiger partial charge in [-0.2, -0.15) is 14.9 Å². The van der Waals surface area contributed by atoms with E-state index in [2.05, 4.69) is 31.2 Å². The number of aromatic hydroxyl groups is 1. The molecule has 0 aliphatic heterocycles. The van der Waals surface area contributed by atoms with E-state index < -0.39 is 0 Å². The lowest BCUT2D eigenvalue weighted by atomic mass is 10.2. The maximum atomic E-state index is 9.87. The minimum absolute atomic E-state index is 0.117. The normalized spacial score (nSPS) is 11.2. The number of phenolic OH excluding ortho intramolecular Hbond substituents is 1. The number of aromatic nitrogens is 3. The molecule has 0 radical (unpaired) electrons. The molecule has 0 aliphatic rings. The summed E-state index contributed by atoms with van der Waals surface area (Å²) in [4.78, 5) is 0. The molecule has 1 heterocycles.